The molecule has 8 nitrogen and oxygen atoms in total. The molecular weight excluding hydrogens is 465 g/mol. The van der Waals surface area contributed by atoms with E-state index in [1.807, 2.05) is 13.8 Å². The topological polar surface area (TPSA) is 95.8 Å². The second-order valence-corrected chi connectivity index (χ2v) is 8.47. The first-order valence-electron chi connectivity index (χ1n) is 11.3. The molecule has 2 aromatic carbocycles. The van der Waals surface area contributed by atoms with Crippen LogP contribution in [-0.4, -0.2) is 53.9 Å². The number of carbonyl (C=O) groups excluding carboxylic acids is 2. The van der Waals surface area contributed by atoms with Gasteiger partial charge in [0.25, 0.3) is 11.6 Å². The third-order valence-corrected chi connectivity index (χ3v) is 6.23. The number of alkyl halides is 3. The Kier molecular flexibility index (Phi) is 7.98. The molecule has 2 amide bonds. The van der Waals surface area contributed by atoms with Crippen molar-refractivity contribution in [3.05, 3.63) is 69.8 Å². The lowest BCUT2D eigenvalue weighted by Gasteiger charge is -2.38. The SMILES string of the molecule is CCC(C)C(NC(=O)c1ccccc1)C(=O)N1CCN(c2ccc(C(F)(F)F)cc2[N+](=O)[O-])CC1. The smallest absolute Gasteiger partial charge is 0.362 e. The van der Waals surface area contributed by atoms with E-state index in [0.29, 0.717) is 18.1 Å². The number of amides is 2. The summed E-state index contributed by atoms with van der Waals surface area (Å²) >= 11 is 0. The fourth-order valence-electron chi connectivity index (χ4n) is 3.98. The third kappa shape index (κ3) is 6.09. The van der Waals surface area contributed by atoms with Crippen LogP contribution in [0.5, 0.6) is 0 Å². The zero-order chi connectivity index (χ0) is 25.8. The average Bonchev–Trinajstić information content (AvgIpc) is 2.86. The van der Waals surface area contributed by atoms with Gasteiger partial charge in [0.15, 0.2) is 0 Å². The Morgan fingerprint density at radius 3 is 2.26 bits per heavy atom. The molecule has 0 aromatic heterocycles. The molecule has 0 bridgehead atoms. The van der Waals surface area contributed by atoms with Crippen molar-refractivity contribution in [3.8, 4) is 0 Å². The minimum Gasteiger partial charge on any atom is -0.362 e. The summed E-state index contributed by atoms with van der Waals surface area (Å²) in [6, 6.07) is 10.3. The molecule has 0 saturated carbocycles. The molecule has 11 heteroatoms. The Balaban J connectivity index is 1.72. The lowest BCUT2D eigenvalue weighted by molar-refractivity contribution is -0.384. The van der Waals surface area contributed by atoms with Crippen LogP contribution in [0.1, 0.15) is 36.2 Å². The average molecular weight is 492 g/mol. The van der Waals surface area contributed by atoms with Crippen molar-refractivity contribution in [1.82, 2.24) is 10.2 Å². The van der Waals surface area contributed by atoms with Crippen LogP contribution in [0.2, 0.25) is 0 Å². The number of carbonyl (C=O) groups is 2. The molecule has 1 N–H and O–H groups in total. The maximum absolute atomic E-state index is 13.3. The van der Waals surface area contributed by atoms with Crippen LogP contribution >= 0.6 is 0 Å². The maximum Gasteiger partial charge on any atom is 0.416 e. The molecule has 188 valence electrons. The molecule has 0 radical (unpaired) electrons. The van der Waals surface area contributed by atoms with Gasteiger partial charge in [0.1, 0.15) is 11.7 Å². The second-order valence-electron chi connectivity index (χ2n) is 8.47. The van der Waals surface area contributed by atoms with Crippen molar-refractivity contribution >= 4 is 23.2 Å². The Labute approximate surface area is 200 Å². The van der Waals surface area contributed by atoms with Gasteiger partial charge >= 0.3 is 6.18 Å². The number of nitrogens with one attached hydrogen (secondary N) is 1. The van der Waals surface area contributed by atoms with Crippen LogP contribution in [0.25, 0.3) is 0 Å². The highest BCUT2D eigenvalue weighted by atomic mass is 19.4. The molecule has 0 aliphatic carbocycles. The van der Waals surface area contributed by atoms with Crippen molar-refractivity contribution in [2.75, 3.05) is 31.1 Å². The first kappa shape index (κ1) is 26.0. The van der Waals surface area contributed by atoms with Crippen molar-refractivity contribution < 1.29 is 27.7 Å². The zero-order valence-electron chi connectivity index (χ0n) is 19.4. The van der Waals surface area contributed by atoms with Gasteiger partial charge in [-0.25, -0.2) is 0 Å². The number of benzene rings is 2. The number of piperazine rings is 1. The molecule has 1 aliphatic rings. The summed E-state index contributed by atoms with van der Waals surface area (Å²) in [5, 5.41) is 14.3. The predicted octanol–water partition coefficient (Wildman–Crippen LogP) is 4.11. The highest BCUT2D eigenvalue weighted by Crippen LogP contribution is 2.36. The molecule has 35 heavy (non-hydrogen) atoms. The fraction of sp³-hybridized carbons (Fsp3) is 0.417. The highest BCUT2D eigenvalue weighted by molar-refractivity contribution is 5.97. The normalized spacial score (nSPS) is 15.9. The number of rotatable bonds is 7. The predicted molar refractivity (Wildman–Crippen MR) is 124 cm³/mol. The van der Waals surface area contributed by atoms with Gasteiger partial charge in [-0.3, -0.25) is 19.7 Å². The summed E-state index contributed by atoms with van der Waals surface area (Å²) in [7, 11) is 0. The number of anilines is 1. The number of hydrogen-bond donors (Lipinski definition) is 1. The minimum atomic E-state index is -4.69. The van der Waals surface area contributed by atoms with Crippen LogP contribution in [0.15, 0.2) is 48.5 Å². The molecule has 2 unspecified atom stereocenters. The van der Waals surface area contributed by atoms with E-state index in [1.54, 1.807) is 40.1 Å². The number of nitro groups is 1. The quantitative estimate of drug-likeness (QED) is 0.464. The Morgan fingerprint density at radius 2 is 1.71 bits per heavy atom. The van der Waals surface area contributed by atoms with Gasteiger partial charge in [0.2, 0.25) is 5.91 Å². The Bertz CT molecular complexity index is 1070. The van der Waals surface area contributed by atoms with Gasteiger partial charge in [-0.2, -0.15) is 13.2 Å². The highest BCUT2D eigenvalue weighted by Gasteiger charge is 2.36. The van der Waals surface area contributed by atoms with Crippen molar-refractivity contribution in [1.29, 1.82) is 0 Å². The van der Waals surface area contributed by atoms with Gasteiger partial charge in [0.05, 0.1) is 10.5 Å². The van der Waals surface area contributed by atoms with E-state index < -0.39 is 28.4 Å². The summed E-state index contributed by atoms with van der Waals surface area (Å²) in [5.41, 5.74) is -1.21. The van der Waals surface area contributed by atoms with E-state index in [1.165, 1.54) is 0 Å². The summed E-state index contributed by atoms with van der Waals surface area (Å²) in [6.07, 6.45) is -4.03. The molecule has 0 spiro atoms. The van der Waals surface area contributed by atoms with Gasteiger partial charge in [-0.05, 0) is 30.2 Å². The number of hydrogen-bond acceptors (Lipinski definition) is 5. The van der Waals surface area contributed by atoms with Gasteiger partial charge in [0, 0.05) is 37.8 Å². The van der Waals surface area contributed by atoms with Crippen LogP contribution < -0.4 is 10.2 Å². The third-order valence-electron chi connectivity index (χ3n) is 6.23. The van der Waals surface area contributed by atoms with Crippen LogP contribution in [-0.2, 0) is 11.0 Å². The van der Waals surface area contributed by atoms with Crippen LogP contribution in [0, 0.1) is 16.0 Å². The molecule has 2 atom stereocenters. The first-order chi connectivity index (χ1) is 16.5. The number of nitrogens with zero attached hydrogens (tertiary/aromatic N) is 3. The number of halogens is 3. The first-order valence-corrected chi connectivity index (χ1v) is 11.3. The van der Waals surface area contributed by atoms with E-state index >= 15 is 0 Å². The minimum absolute atomic E-state index is 0.0750. The monoisotopic (exact) mass is 492 g/mol. The lowest BCUT2D eigenvalue weighted by atomic mass is 9.97. The molecule has 2 aromatic rings. The Morgan fingerprint density at radius 1 is 1.09 bits per heavy atom. The lowest BCUT2D eigenvalue weighted by Crippen LogP contribution is -2.56. The summed E-state index contributed by atoms with van der Waals surface area (Å²) in [6.45, 7) is 4.63. The summed E-state index contributed by atoms with van der Waals surface area (Å²) in [4.78, 5) is 39.7. The van der Waals surface area contributed by atoms with Crippen molar-refractivity contribution in [2.24, 2.45) is 5.92 Å². The van der Waals surface area contributed by atoms with E-state index in [2.05, 4.69) is 5.32 Å². The van der Waals surface area contributed by atoms with Crippen LogP contribution in [0.4, 0.5) is 24.5 Å². The molecule has 1 fully saturated rings. The summed E-state index contributed by atoms with van der Waals surface area (Å²) < 4.78 is 39.0. The van der Waals surface area contributed by atoms with Crippen LogP contribution in [0.3, 0.4) is 0 Å². The second kappa shape index (κ2) is 10.7. The zero-order valence-corrected chi connectivity index (χ0v) is 19.4. The number of nitro benzene ring substituents is 1. The maximum atomic E-state index is 13.3. The molecule has 1 aliphatic heterocycles. The van der Waals surface area contributed by atoms with Crippen molar-refractivity contribution in [2.45, 2.75) is 32.5 Å². The summed E-state index contributed by atoms with van der Waals surface area (Å²) in [5.74, 6) is -0.752. The molecule has 1 saturated heterocycles. The van der Waals surface area contributed by atoms with Gasteiger partial charge in [-0.15, -0.1) is 0 Å². The molecule has 3 rings (SSSR count). The fourth-order valence-corrected chi connectivity index (χ4v) is 3.98. The van der Waals surface area contributed by atoms with Gasteiger partial charge < -0.3 is 15.1 Å². The van der Waals surface area contributed by atoms with E-state index in [0.717, 1.165) is 12.1 Å². The van der Waals surface area contributed by atoms with E-state index in [9.17, 15) is 32.9 Å². The van der Waals surface area contributed by atoms with E-state index in [-0.39, 0.29) is 49.6 Å². The Hall–Kier alpha value is -3.63. The standard InChI is InChI=1S/C24H27F3N4O4/c1-3-16(2)21(28-22(32)17-7-5-4-6-8-17)23(33)30-13-11-29(12-14-30)19-10-9-18(24(25,26)27)15-20(19)31(34)35/h4-10,15-16,21H,3,11-14H2,1-2H3,(H,28,32). The van der Waals surface area contributed by atoms with Crippen molar-refractivity contribution in [3.63, 3.8) is 0 Å². The van der Waals surface area contributed by atoms with E-state index in [4.69, 9.17) is 0 Å². The van der Waals surface area contributed by atoms with Gasteiger partial charge in [-0.1, -0.05) is 38.5 Å². The largest absolute Gasteiger partial charge is 0.416 e. The molecule has 1 heterocycles. The molecular formula is C24H27F3N4O4.